The van der Waals surface area contributed by atoms with Gasteiger partial charge in [0.25, 0.3) is 0 Å². The third kappa shape index (κ3) is 1.96. The molecule has 106 valence electrons. The summed E-state index contributed by atoms with van der Waals surface area (Å²) in [6.07, 6.45) is 5.72. The fourth-order valence-corrected chi connectivity index (χ4v) is 5.19. The Labute approximate surface area is 128 Å². The van der Waals surface area contributed by atoms with E-state index in [-0.39, 0.29) is 11.3 Å². The molecule has 0 saturated heterocycles. The summed E-state index contributed by atoms with van der Waals surface area (Å²) < 4.78 is 0. The highest BCUT2D eigenvalue weighted by Crippen LogP contribution is 2.55. The van der Waals surface area contributed by atoms with Crippen LogP contribution in [0, 0.1) is 17.8 Å². The minimum atomic E-state index is -0.0150. The van der Waals surface area contributed by atoms with E-state index >= 15 is 0 Å². The van der Waals surface area contributed by atoms with E-state index in [4.69, 9.17) is 23.2 Å². The SMILES string of the molecule is O=C1Cc2cc(C(Cl)C3CC4CCC3C4)c(Cl)cc2N1. The Balaban J connectivity index is 1.65. The highest BCUT2D eigenvalue weighted by molar-refractivity contribution is 6.33. The first kappa shape index (κ1) is 13.0. The van der Waals surface area contributed by atoms with Gasteiger partial charge >= 0.3 is 0 Å². The first-order valence-corrected chi connectivity index (χ1v) is 8.19. The number of hydrogen-bond acceptors (Lipinski definition) is 1. The molecular weight excluding hydrogens is 293 g/mol. The average molecular weight is 310 g/mol. The van der Waals surface area contributed by atoms with E-state index < -0.39 is 0 Å². The second kappa shape index (κ2) is 4.64. The number of halogens is 2. The van der Waals surface area contributed by atoms with Gasteiger partial charge in [0.1, 0.15) is 0 Å². The Kier molecular flexibility index (Phi) is 3.01. The van der Waals surface area contributed by atoms with Crippen LogP contribution >= 0.6 is 23.2 Å². The van der Waals surface area contributed by atoms with Gasteiger partial charge in [-0.1, -0.05) is 24.1 Å². The van der Waals surface area contributed by atoms with Crippen LogP contribution < -0.4 is 5.32 Å². The fraction of sp³-hybridized carbons (Fsp3) is 0.562. The molecule has 4 unspecified atom stereocenters. The molecule has 2 nitrogen and oxygen atoms in total. The van der Waals surface area contributed by atoms with E-state index in [1.165, 1.54) is 25.7 Å². The molecule has 2 aliphatic carbocycles. The molecule has 4 atom stereocenters. The van der Waals surface area contributed by atoms with Crippen LogP contribution in [0.2, 0.25) is 5.02 Å². The lowest BCUT2D eigenvalue weighted by molar-refractivity contribution is -0.115. The molecule has 1 amide bonds. The quantitative estimate of drug-likeness (QED) is 0.798. The van der Waals surface area contributed by atoms with Gasteiger partial charge in [-0.15, -0.1) is 11.6 Å². The third-order valence-electron chi connectivity index (χ3n) is 5.31. The molecule has 0 radical (unpaired) electrons. The number of nitrogens with one attached hydrogen (secondary N) is 1. The number of amides is 1. The van der Waals surface area contributed by atoms with Gasteiger partial charge in [0, 0.05) is 10.7 Å². The number of rotatable bonds is 2. The lowest BCUT2D eigenvalue weighted by Crippen LogP contribution is -2.16. The summed E-state index contributed by atoms with van der Waals surface area (Å²) >= 11 is 13.2. The smallest absolute Gasteiger partial charge is 0.228 e. The van der Waals surface area contributed by atoms with Crippen LogP contribution in [0.15, 0.2) is 12.1 Å². The minimum absolute atomic E-state index is 0.0150. The molecule has 4 heteroatoms. The highest BCUT2D eigenvalue weighted by Gasteiger charge is 2.43. The fourth-order valence-electron chi connectivity index (χ4n) is 4.36. The first-order valence-electron chi connectivity index (χ1n) is 7.38. The maximum Gasteiger partial charge on any atom is 0.228 e. The molecule has 1 aliphatic heterocycles. The van der Waals surface area contributed by atoms with Crippen LogP contribution in [-0.2, 0) is 11.2 Å². The van der Waals surface area contributed by atoms with E-state index in [9.17, 15) is 4.79 Å². The second-order valence-corrected chi connectivity index (χ2v) is 7.37. The van der Waals surface area contributed by atoms with Gasteiger partial charge in [0.15, 0.2) is 0 Å². The minimum Gasteiger partial charge on any atom is -0.325 e. The molecule has 1 aromatic carbocycles. The van der Waals surface area contributed by atoms with Crippen molar-refractivity contribution in [2.45, 2.75) is 37.5 Å². The Morgan fingerprint density at radius 2 is 2.10 bits per heavy atom. The van der Waals surface area contributed by atoms with Crippen molar-refractivity contribution in [3.05, 3.63) is 28.3 Å². The maximum absolute atomic E-state index is 11.5. The molecule has 4 rings (SSSR count). The van der Waals surface area contributed by atoms with Crippen molar-refractivity contribution >= 4 is 34.8 Å². The summed E-state index contributed by atoms with van der Waals surface area (Å²) in [7, 11) is 0. The largest absolute Gasteiger partial charge is 0.325 e. The van der Waals surface area contributed by atoms with Gasteiger partial charge in [-0.3, -0.25) is 4.79 Å². The molecule has 1 N–H and O–H groups in total. The van der Waals surface area contributed by atoms with Gasteiger partial charge in [0.05, 0.1) is 11.8 Å². The second-order valence-electron chi connectivity index (χ2n) is 6.50. The van der Waals surface area contributed by atoms with Gasteiger partial charge in [-0.2, -0.15) is 0 Å². The van der Waals surface area contributed by atoms with Crippen LogP contribution in [0.3, 0.4) is 0 Å². The number of hydrogen-bond donors (Lipinski definition) is 1. The average Bonchev–Trinajstić information content (AvgIpc) is 3.10. The van der Waals surface area contributed by atoms with E-state index in [1.54, 1.807) is 0 Å². The zero-order valence-electron chi connectivity index (χ0n) is 11.2. The number of benzene rings is 1. The lowest BCUT2D eigenvalue weighted by atomic mass is 9.83. The summed E-state index contributed by atoms with van der Waals surface area (Å²) in [5.41, 5.74) is 2.89. The maximum atomic E-state index is 11.5. The lowest BCUT2D eigenvalue weighted by Gasteiger charge is -2.27. The number of fused-ring (bicyclic) bond motifs is 3. The van der Waals surface area contributed by atoms with E-state index in [1.807, 2.05) is 12.1 Å². The van der Waals surface area contributed by atoms with Crippen molar-refractivity contribution in [3.8, 4) is 0 Å². The standard InChI is InChI=1S/C16H17Cl2NO/c17-13-7-14-10(6-15(20)19-14)5-12(13)16(18)11-4-8-1-2-9(11)3-8/h5,7-9,11,16H,1-4,6H2,(H,19,20). The topological polar surface area (TPSA) is 29.1 Å². The number of carbonyl (C=O) groups excluding carboxylic acids is 1. The predicted octanol–water partition coefficient (Wildman–Crippen LogP) is 4.55. The number of anilines is 1. The van der Waals surface area contributed by atoms with Crippen LogP contribution in [0.4, 0.5) is 5.69 Å². The third-order valence-corrected chi connectivity index (χ3v) is 6.20. The van der Waals surface area contributed by atoms with Crippen molar-refractivity contribution in [1.29, 1.82) is 0 Å². The van der Waals surface area contributed by atoms with Gasteiger partial charge in [0.2, 0.25) is 5.91 Å². The van der Waals surface area contributed by atoms with Crippen LogP contribution in [0.1, 0.15) is 42.2 Å². The predicted molar refractivity (Wildman–Crippen MR) is 81.3 cm³/mol. The molecule has 2 saturated carbocycles. The molecular formula is C16H17Cl2NO. The Morgan fingerprint density at radius 1 is 1.25 bits per heavy atom. The molecule has 0 spiro atoms. The van der Waals surface area contributed by atoms with Gasteiger partial charge in [-0.05, 0) is 54.2 Å². The Bertz CT molecular complexity index is 586. The van der Waals surface area contributed by atoms with Crippen molar-refractivity contribution < 1.29 is 4.79 Å². The van der Waals surface area contributed by atoms with Crippen LogP contribution in [0.25, 0.3) is 0 Å². The molecule has 2 fully saturated rings. The molecule has 1 heterocycles. The summed E-state index contributed by atoms with van der Waals surface area (Å²) in [6, 6.07) is 3.90. The van der Waals surface area contributed by atoms with Crippen molar-refractivity contribution in [2.24, 2.45) is 17.8 Å². The van der Waals surface area contributed by atoms with Crippen LogP contribution in [0.5, 0.6) is 0 Å². The highest BCUT2D eigenvalue weighted by atomic mass is 35.5. The Morgan fingerprint density at radius 3 is 2.80 bits per heavy atom. The van der Waals surface area contributed by atoms with E-state index in [0.717, 1.165) is 28.7 Å². The monoisotopic (exact) mass is 309 g/mol. The van der Waals surface area contributed by atoms with E-state index in [0.29, 0.717) is 17.4 Å². The zero-order chi connectivity index (χ0) is 13.9. The molecule has 0 aromatic heterocycles. The van der Waals surface area contributed by atoms with Crippen molar-refractivity contribution in [3.63, 3.8) is 0 Å². The number of carbonyl (C=O) groups is 1. The van der Waals surface area contributed by atoms with Crippen molar-refractivity contribution in [2.75, 3.05) is 5.32 Å². The Hall–Kier alpha value is -0.730. The van der Waals surface area contributed by atoms with Crippen LogP contribution in [-0.4, -0.2) is 5.91 Å². The molecule has 20 heavy (non-hydrogen) atoms. The molecule has 2 bridgehead atoms. The molecule has 1 aromatic rings. The summed E-state index contributed by atoms with van der Waals surface area (Å²) in [4.78, 5) is 11.5. The van der Waals surface area contributed by atoms with Crippen molar-refractivity contribution in [1.82, 2.24) is 0 Å². The van der Waals surface area contributed by atoms with Gasteiger partial charge in [-0.25, -0.2) is 0 Å². The number of alkyl halides is 1. The zero-order valence-corrected chi connectivity index (χ0v) is 12.7. The summed E-state index contributed by atoms with van der Waals surface area (Å²) in [6.45, 7) is 0. The first-order chi connectivity index (χ1) is 9.61. The van der Waals surface area contributed by atoms with E-state index in [2.05, 4.69) is 5.32 Å². The summed E-state index contributed by atoms with van der Waals surface area (Å²) in [5, 5.41) is 3.51. The normalized spacial score (nSPS) is 32.3. The molecule has 3 aliphatic rings. The van der Waals surface area contributed by atoms with Gasteiger partial charge < -0.3 is 5.32 Å². The summed E-state index contributed by atoms with van der Waals surface area (Å²) in [5.74, 6) is 2.24.